The third-order valence-corrected chi connectivity index (χ3v) is 5.75. The third-order valence-electron chi connectivity index (χ3n) is 5.75. The van der Waals surface area contributed by atoms with E-state index < -0.39 is 17.4 Å². The molecule has 2 aromatic rings. The molecule has 0 saturated carbocycles. The number of hydrogen-bond donors (Lipinski definition) is 3. The molecule has 33 heavy (non-hydrogen) atoms. The lowest BCUT2D eigenvalue weighted by Gasteiger charge is -2.44. The summed E-state index contributed by atoms with van der Waals surface area (Å²) >= 11 is 0. The minimum Gasteiger partial charge on any atom is -0.447 e. The molecule has 1 saturated heterocycles. The van der Waals surface area contributed by atoms with Crippen molar-refractivity contribution in [3.8, 4) is 0 Å². The lowest BCUT2D eigenvalue weighted by Crippen LogP contribution is -2.59. The van der Waals surface area contributed by atoms with Crippen LogP contribution in [0.2, 0.25) is 0 Å². The summed E-state index contributed by atoms with van der Waals surface area (Å²) in [4.78, 5) is 30.8. The van der Waals surface area contributed by atoms with E-state index in [2.05, 4.69) is 20.9 Å². The first kappa shape index (κ1) is 24.4. The van der Waals surface area contributed by atoms with Gasteiger partial charge in [0.2, 0.25) is 0 Å². The summed E-state index contributed by atoms with van der Waals surface area (Å²) < 4.78 is 19.9. The van der Waals surface area contributed by atoms with Crippen molar-refractivity contribution in [3.05, 3.63) is 53.6 Å². The second-order valence-electron chi connectivity index (χ2n) is 8.75. The fourth-order valence-corrected chi connectivity index (χ4v) is 3.97. The van der Waals surface area contributed by atoms with Crippen molar-refractivity contribution in [3.63, 3.8) is 0 Å². The summed E-state index contributed by atoms with van der Waals surface area (Å²) in [5.41, 5.74) is 1.68. The molecule has 2 heterocycles. The van der Waals surface area contributed by atoms with Gasteiger partial charge in [0.1, 0.15) is 5.82 Å². The zero-order valence-electron chi connectivity index (χ0n) is 19.6. The van der Waals surface area contributed by atoms with Crippen molar-refractivity contribution >= 4 is 23.5 Å². The van der Waals surface area contributed by atoms with Gasteiger partial charge in [0.15, 0.2) is 0 Å². The van der Waals surface area contributed by atoms with E-state index in [0.29, 0.717) is 18.7 Å². The summed E-state index contributed by atoms with van der Waals surface area (Å²) in [5, 5.41) is 8.58. The van der Waals surface area contributed by atoms with Gasteiger partial charge in [0, 0.05) is 19.3 Å². The number of anilines is 2. The summed E-state index contributed by atoms with van der Waals surface area (Å²) in [7, 11) is 1.74. The lowest BCUT2D eigenvalue weighted by atomic mass is 9.82. The van der Waals surface area contributed by atoms with Crippen LogP contribution in [-0.2, 0) is 11.2 Å². The number of piperidine rings is 1. The first-order chi connectivity index (χ1) is 15.7. The number of nitrogens with zero attached hydrogens (tertiary/aromatic N) is 2. The molecule has 0 radical (unpaired) electrons. The van der Waals surface area contributed by atoms with Crippen LogP contribution in [0.4, 0.5) is 25.4 Å². The molecule has 178 valence electrons. The average molecular weight is 458 g/mol. The second kappa shape index (κ2) is 10.6. The number of aromatic nitrogens is 1. The predicted octanol–water partition coefficient (Wildman–Crippen LogP) is 4.31. The number of ether oxygens (including phenoxy) is 1. The highest BCUT2D eigenvalue weighted by Crippen LogP contribution is 2.30. The van der Waals surface area contributed by atoms with Gasteiger partial charge in [-0.1, -0.05) is 6.07 Å². The SMILES string of the molecule is Cc1ccc(NC(=O)Nc2cc(C[C@]3(N(C)C(=O)OC(C)C)CCCNC3)ccc2F)cn1. The van der Waals surface area contributed by atoms with Gasteiger partial charge >= 0.3 is 12.1 Å². The van der Waals surface area contributed by atoms with Crippen LogP contribution in [0.1, 0.15) is 37.9 Å². The van der Waals surface area contributed by atoms with Crippen LogP contribution in [0, 0.1) is 12.7 Å². The van der Waals surface area contributed by atoms with Crippen molar-refractivity contribution in [2.45, 2.75) is 51.7 Å². The number of carbonyl (C=O) groups is 2. The highest BCUT2D eigenvalue weighted by Gasteiger charge is 2.40. The van der Waals surface area contributed by atoms with Crippen molar-refractivity contribution in [1.29, 1.82) is 0 Å². The third kappa shape index (κ3) is 6.41. The molecule has 1 aromatic heterocycles. The van der Waals surface area contributed by atoms with Gasteiger partial charge in [0.25, 0.3) is 0 Å². The monoisotopic (exact) mass is 457 g/mol. The molecule has 3 N–H and O–H groups in total. The Morgan fingerprint density at radius 2 is 2.06 bits per heavy atom. The number of aryl methyl sites for hydroxylation is 1. The molecule has 1 aliphatic rings. The second-order valence-corrected chi connectivity index (χ2v) is 8.75. The molecular formula is C24H32FN5O3. The van der Waals surface area contributed by atoms with Crippen molar-refractivity contribution < 1.29 is 18.7 Å². The highest BCUT2D eigenvalue weighted by molar-refractivity contribution is 5.99. The molecule has 3 amide bonds. The Hall–Kier alpha value is -3.20. The Labute approximate surface area is 193 Å². The minimum absolute atomic E-state index is 0.0661. The number of carbonyl (C=O) groups excluding carboxylic acids is 2. The molecule has 0 spiro atoms. The van der Waals surface area contributed by atoms with Gasteiger partial charge in [-0.25, -0.2) is 14.0 Å². The van der Waals surface area contributed by atoms with E-state index >= 15 is 0 Å². The van der Waals surface area contributed by atoms with E-state index in [1.807, 2.05) is 20.8 Å². The van der Waals surface area contributed by atoms with E-state index in [0.717, 1.165) is 30.6 Å². The van der Waals surface area contributed by atoms with Gasteiger partial charge in [-0.05, 0) is 76.4 Å². The largest absolute Gasteiger partial charge is 0.447 e. The predicted molar refractivity (Wildman–Crippen MR) is 126 cm³/mol. The number of benzene rings is 1. The van der Waals surface area contributed by atoms with E-state index in [1.54, 1.807) is 36.2 Å². The van der Waals surface area contributed by atoms with Crippen LogP contribution in [0.5, 0.6) is 0 Å². The summed E-state index contributed by atoms with van der Waals surface area (Å²) in [6, 6.07) is 7.55. The number of urea groups is 1. The lowest BCUT2D eigenvalue weighted by molar-refractivity contribution is 0.0350. The zero-order valence-corrected chi connectivity index (χ0v) is 19.6. The molecule has 9 heteroatoms. The normalized spacial score (nSPS) is 18.0. The van der Waals surface area contributed by atoms with Crippen LogP contribution in [0.25, 0.3) is 0 Å². The van der Waals surface area contributed by atoms with E-state index in [4.69, 9.17) is 4.74 Å². The van der Waals surface area contributed by atoms with Crippen LogP contribution in [0.15, 0.2) is 36.5 Å². The standard InChI is InChI=1S/C24H32FN5O3/c1-16(2)33-23(32)30(4)24(10-5-11-26-15-24)13-18-7-9-20(25)21(12-18)29-22(31)28-19-8-6-17(3)27-14-19/h6-9,12,14,16,26H,5,10-11,13,15H2,1-4H3,(H2,28,29,31)/t24-/m1/s1. The van der Waals surface area contributed by atoms with E-state index in [1.165, 1.54) is 12.3 Å². The van der Waals surface area contributed by atoms with Crippen LogP contribution < -0.4 is 16.0 Å². The van der Waals surface area contributed by atoms with Gasteiger partial charge < -0.3 is 25.6 Å². The fraction of sp³-hybridized carbons (Fsp3) is 0.458. The van der Waals surface area contributed by atoms with Crippen molar-refractivity contribution in [1.82, 2.24) is 15.2 Å². The minimum atomic E-state index is -0.566. The fourth-order valence-electron chi connectivity index (χ4n) is 3.97. The molecule has 8 nitrogen and oxygen atoms in total. The number of likely N-dealkylation sites (N-methyl/N-ethyl adjacent to an activating group) is 1. The molecule has 3 rings (SSSR count). The Bertz CT molecular complexity index is 975. The Morgan fingerprint density at radius 3 is 2.70 bits per heavy atom. The molecule has 0 unspecified atom stereocenters. The summed E-state index contributed by atoms with van der Waals surface area (Å²) in [6.07, 6.45) is 3.09. The van der Waals surface area contributed by atoms with E-state index in [-0.39, 0.29) is 17.9 Å². The number of halogens is 1. The maximum Gasteiger partial charge on any atom is 0.410 e. The van der Waals surface area contributed by atoms with Crippen molar-refractivity contribution in [2.75, 3.05) is 30.8 Å². The van der Waals surface area contributed by atoms with Gasteiger partial charge in [-0.3, -0.25) is 4.98 Å². The summed E-state index contributed by atoms with van der Waals surface area (Å²) in [5.74, 6) is -0.542. The quantitative estimate of drug-likeness (QED) is 0.601. The van der Waals surface area contributed by atoms with Crippen LogP contribution >= 0.6 is 0 Å². The molecule has 1 aliphatic heterocycles. The Morgan fingerprint density at radius 1 is 1.27 bits per heavy atom. The van der Waals surface area contributed by atoms with E-state index in [9.17, 15) is 14.0 Å². The van der Waals surface area contributed by atoms with Gasteiger partial charge in [0.05, 0.1) is 29.2 Å². The Balaban J connectivity index is 1.76. The molecule has 0 aliphatic carbocycles. The van der Waals surface area contributed by atoms with Gasteiger partial charge in [-0.15, -0.1) is 0 Å². The number of nitrogens with one attached hydrogen (secondary N) is 3. The first-order valence-corrected chi connectivity index (χ1v) is 11.1. The average Bonchev–Trinajstić information content (AvgIpc) is 2.77. The highest BCUT2D eigenvalue weighted by atomic mass is 19.1. The van der Waals surface area contributed by atoms with Crippen LogP contribution in [-0.4, -0.2) is 53.8 Å². The first-order valence-electron chi connectivity index (χ1n) is 11.1. The summed E-state index contributed by atoms with van der Waals surface area (Å²) in [6.45, 7) is 6.94. The molecule has 1 atom stereocenters. The molecule has 0 bridgehead atoms. The van der Waals surface area contributed by atoms with Gasteiger partial charge in [-0.2, -0.15) is 0 Å². The molecule has 1 aromatic carbocycles. The smallest absolute Gasteiger partial charge is 0.410 e. The number of rotatable bonds is 6. The molecular weight excluding hydrogens is 425 g/mol. The number of amides is 3. The number of pyridine rings is 1. The zero-order chi connectivity index (χ0) is 24.0. The maximum absolute atomic E-state index is 14.5. The topological polar surface area (TPSA) is 95.6 Å². The molecule has 1 fully saturated rings. The Kier molecular flexibility index (Phi) is 7.86. The van der Waals surface area contributed by atoms with Crippen molar-refractivity contribution in [2.24, 2.45) is 0 Å². The maximum atomic E-state index is 14.5. The number of hydrogen-bond acceptors (Lipinski definition) is 5. The van der Waals surface area contributed by atoms with Crippen LogP contribution in [0.3, 0.4) is 0 Å².